The molecule has 0 spiro atoms. The molecule has 2 N–H and O–H groups in total. The van der Waals surface area contributed by atoms with Gasteiger partial charge in [-0.1, -0.05) is 0 Å². The maximum Gasteiger partial charge on any atom is 0.251 e. The van der Waals surface area contributed by atoms with E-state index in [0.29, 0.717) is 12.2 Å². The lowest BCUT2D eigenvalue weighted by Gasteiger charge is -2.12. The van der Waals surface area contributed by atoms with E-state index in [0.717, 1.165) is 12.8 Å². The Hall–Kier alpha value is -1.44. The van der Waals surface area contributed by atoms with E-state index in [1.807, 2.05) is 13.8 Å². The molecule has 1 aliphatic rings. The number of nitrogens with one attached hydrogen (secondary N) is 2. The zero-order valence-electron chi connectivity index (χ0n) is 12.8. The normalized spacial score (nSPS) is 18.6. The number of ether oxygens (including phenoxy) is 1. The maximum absolute atomic E-state index is 12.2. The summed E-state index contributed by atoms with van der Waals surface area (Å²) >= 11 is 0. The van der Waals surface area contributed by atoms with Crippen LogP contribution in [0.5, 0.6) is 0 Å². The summed E-state index contributed by atoms with van der Waals surface area (Å²) in [6.07, 6.45) is 1.79. The first-order chi connectivity index (χ1) is 10.4. The van der Waals surface area contributed by atoms with E-state index in [1.54, 1.807) is 0 Å². The van der Waals surface area contributed by atoms with Crippen LogP contribution < -0.4 is 10.0 Å². The molecule has 1 saturated heterocycles. The largest absolute Gasteiger partial charge is 0.377 e. The standard InChI is InChI=1S/C15H22N2O4S/c1-11(2)17-15(18)12-5-7-14(8-6-12)22(19,20)16-10-13-4-3-9-21-13/h5-8,11,13,16H,3-4,9-10H2,1-2H3,(H,17,18). The van der Waals surface area contributed by atoms with Gasteiger partial charge in [0.2, 0.25) is 10.0 Å². The van der Waals surface area contributed by atoms with Crippen molar-refractivity contribution in [2.24, 2.45) is 0 Å². The fraction of sp³-hybridized carbons (Fsp3) is 0.533. The minimum Gasteiger partial charge on any atom is -0.377 e. The highest BCUT2D eigenvalue weighted by molar-refractivity contribution is 7.89. The molecule has 0 saturated carbocycles. The predicted molar refractivity (Wildman–Crippen MR) is 83.2 cm³/mol. The number of benzene rings is 1. The van der Waals surface area contributed by atoms with Crippen LogP contribution in [0.1, 0.15) is 37.0 Å². The van der Waals surface area contributed by atoms with Crippen molar-refractivity contribution in [3.05, 3.63) is 29.8 Å². The first-order valence-electron chi connectivity index (χ1n) is 7.40. The molecule has 1 aromatic rings. The lowest BCUT2D eigenvalue weighted by atomic mass is 10.2. The molecule has 0 bridgehead atoms. The molecule has 1 unspecified atom stereocenters. The average Bonchev–Trinajstić information content (AvgIpc) is 2.98. The van der Waals surface area contributed by atoms with Crippen LogP contribution in [-0.4, -0.2) is 39.6 Å². The van der Waals surface area contributed by atoms with E-state index in [1.165, 1.54) is 24.3 Å². The monoisotopic (exact) mass is 326 g/mol. The van der Waals surface area contributed by atoms with E-state index in [2.05, 4.69) is 10.0 Å². The number of hydrogen-bond donors (Lipinski definition) is 2. The third-order valence-electron chi connectivity index (χ3n) is 3.37. The van der Waals surface area contributed by atoms with Crippen LogP contribution in [0.25, 0.3) is 0 Å². The molecule has 2 rings (SSSR count). The molecule has 0 aromatic heterocycles. The van der Waals surface area contributed by atoms with Gasteiger partial charge < -0.3 is 10.1 Å². The highest BCUT2D eigenvalue weighted by Gasteiger charge is 2.20. The smallest absolute Gasteiger partial charge is 0.251 e. The second-order valence-electron chi connectivity index (χ2n) is 5.64. The Morgan fingerprint density at radius 2 is 2.00 bits per heavy atom. The van der Waals surface area contributed by atoms with Crippen LogP contribution in [0, 0.1) is 0 Å². The topological polar surface area (TPSA) is 84.5 Å². The fourth-order valence-electron chi connectivity index (χ4n) is 2.22. The zero-order chi connectivity index (χ0) is 16.2. The molecule has 7 heteroatoms. The van der Waals surface area contributed by atoms with Crippen LogP contribution in [0.4, 0.5) is 0 Å². The fourth-order valence-corrected chi connectivity index (χ4v) is 3.29. The molecule has 6 nitrogen and oxygen atoms in total. The van der Waals surface area contributed by atoms with E-state index < -0.39 is 10.0 Å². The quantitative estimate of drug-likeness (QED) is 0.825. The van der Waals surface area contributed by atoms with Crippen molar-refractivity contribution in [3.8, 4) is 0 Å². The van der Waals surface area contributed by atoms with Gasteiger partial charge in [0.15, 0.2) is 0 Å². The van der Waals surface area contributed by atoms with Crippen molar-refractivity contribution < 1.29 is 17.9 Å². The molecule has 22 heavy (non-hydrogen) atoms. The summed E-state index contributed by atoms with van der Waals surface area (Å²) in [7, 11) is -3.57. The van der Waals surface area contributed by atoms with E-state index in [4.69, 9.17) is 4.74 Å². The molecule has 122 valence electrons. The number of sulfonamides is 1. The van der Waals surface area contributed by atoms with Crippen molar-refractivity contribution in [1.29, 1.82) is 0 Å². The van der Waals surface area contributed by atoms with Crippen LogP contribution >= 0.6 is 0 Å². The van der Waals surface area contributed by atoms with Gasteiger partial charge in [-0.05, 0) is 51.0 Å². The Bertz CT molecular complexity index is 605. The van der Waals surface area contributed by atoms with Crippen molar-refractivity contribution >= 4 is 15.9 Å². The van der Waals surface area contributed by atoms with Gasteiger partial charge in [-0.25, -0.2) is 13.1 Å². The van der Waals surface area contributed by atoms with Crippen molar-refractivity contribution in [3.63, 3.8) is 0 Å². The summed E-state index contributed by atoms with van der Waals surface area (Å²) < 4.78 is 32.3. The highest BCUT2D eigenvalue weighted by atomic mass is 32.2. The Kier molecular flexibility index (Phi) is 5.55. The van der Waals surface area contributed by atoms with Crippen molar-refractivity contribution in [1.82, 2.24) is 10.0 Å². The lowest BCUT2D eigenvalue weighted by Crippen LogP contribution is -2.32. The van der Waals surface area contributed by atoms with Gasteiger partial charge in [-0.15, -0.1) is 0 Å². The third-order valence-corrected chi connectivity index (χ3v) is 4.81. The van der Waals surface area contributed by atoms with E-state index in [-0.39, 0.29) is 29.5 Å². The Morgan fingerprint density at radius 1 is 1.32 bits per heavy atom. The Labute approximate surface area is 131 Å². The summed E-state index contributed by atoms with van der Waals surface area (Å²) in [5.74, 6) is -0.216. The summed E-state index contributed by atoms with van der Waals surface area (Å²) in [4.78, 5) is 12.0. The van der Waals surface area contributed by atoms with Gasteiger partial charge in [-0.3, -0.25) is 4.79 Å². The number of hydrogen-bond acceptors (Lipinski definition) is 4. The summed E-state index contributed by atoms with van der Waals surface area (Å²) in [5.41, 5.74) is 0.437. The van der Waals surface area contributed by atoms with Gasteiger partial charge in [0.25, 0.3) is 5.91 Å². The van der Waals surface area contributed by atoms with Crippen molar-refractivity contribution in [2.45, 2.75) is 43.7 Å². The molecule has 1 heterocycles. The highest BCUT2D eigenvalue weighted by Crippen LogP contribution is 2.14. The summed E-state index contributed by atoms with van der Waals surface area (Å²) in [6, 6.07) is 5.93. The van der Waals surface area contributed by atoms with Gasteiger partial charge in [-0.2, -0.15) is 0 Å². The SMILES string of the molecule is CC(C)NC(=O)c1ccc(S(=O)(=O)NCC2CCCO2)cc1. The molecular weight excluding hydrogens is 304 g/mol. The number of amides is 1. The van der Waals surface area contributed by atoms with Crippen LogP contribution in [0.15, 0.2) is 29.2 Å². The summed E-state index contributed by atoms with van der Waals surface area (Å²) in [6.45, 7) is 4.70. The minimum atomic E-state index is -3.57. The Balaban J connectivity index is 2.00. The molecule has 1 atom stereocenters. The molecule has 1 aromatic carbocycles. The molecule has 0 radical (unpaired) electrons. The van der Waals surface area contributed by atoms with Crippen LogP contribution in [0.3, 0.4) is 0 Å². The van der Waals surface area contributed by atoms with Gasteiger partial charge in [0.05, 0.1) is 11.0 Å². The lowest BCUT2D eigenvalue weighted by molar-refractivity contribution is 0.0943. The Morgan fingerprint density at radius 3 is 2.55 bits per heavy atom. The third kappa shape index (κ3) is 4.53. The predicted octanol–water partition coefficient (Wildman–Crippen LogP) is 1.28. The zero-order valence-corrected chi connectivity index (χ0v) is 13.7. The van der Waals surface area contributed by atoms with Gasteiger partial charge >= 0.3 is 0 Å². The average molecular weight is 326 g/mol. The second kappa shape index (κ2) is 7.21. The number of rotatable bonds is 6. The van der Waals surface area contributed by atoms with Crippen LogP contribution in [0.2, 0.25) is 0 Å². The van der Waals surface area contributed by atoms with Crippen molar-refractivity contribution in [2.75, 3.05) is 13.2 Å². The number of carbonyl (C=O) groups excluding carboxylic acids is 1. The molecular formula is C15H22N2O4S. The first-order valence-corrected chi connectivity index (χ1v) is 8.89. The first kappa shape index (κ1) is 16.9. The van der Waals surface area contributed by atoms with Crippen LogP contribution in [-0.2, 0) is 14.8 Å². The van der Waals surface area contributed by atoms with Gasteiger partial charge in [0.1, 0.15) is 0 Å². The molecule has 1 fully saturated rings. The molecule has 0 aliphatic carbocycles. The number of carbonyl (C=O) groups is 1. The second-order valence-corrected chi connectivity index (χ2v) is 7.41. The van der Waals surface area contributed by atoms with Gasteiger partial charge in [0, 0.05) is 24.8 Å². The molecule has 1 aliphatic heterocycles. The minimum absolute atomic E-state index is 0.0315. The maximum atomic E-state index is 12.2. The van der Waals surface area contributed by atoms with E-state index in [9.17, 15) is 13.2 Å². The van der Waals surface area contributed by atoms with E-state index >= 15 is 0 Å². The molecule has 1 amide bonds. The summed E-state index contributed by atoms with van der Waals surface area (Å²) in [5, 5.41) is 2.76.